The summed E-state index contributed by atoms with van der Waals surface area (Å²) in [5.74, 6) is -0.995. The Kier molecular flexibility index (Phi) is 4.71. The molecule has 0 aromatic carbocycles. The smallest absolute Gasteiger partial charge is 0.316 e. The molecule has 0 saturated carbocycles. The van der Waals surface area contributed by atoms with Crippen LogP contribution >= 0.6 is 0 Å². The maximum absolute atomic E-state index is 12.4. The zero-order valence-electron chi connectivity index (χ0n) is 14.0. The van der Waals surface area contributed by atoms with Crippen LogP contribution in [0.4, 0.5) is 0 Å². The molecule has 1 atom stereocenters. The fourth-order valence-corrected chi connectivity index (χ4v) is 3.26. The first-order valence-corrected chi connectivity index (χ1v) is 9.79. The molecule has 1 aliphatic rings. The van der Waals surface area contributed by atoms with Gasteiger partial charge in [-0.1, -0.05) is 0 Å². The number of aromatic nitrogens is 4. The number of ether oxygens (including phenoxy) is 1. The van der Waals surface area contributed by atoms with Crippen molar-refractivity contribution in [3.8, 4) is 6.01 Å². The Morgan fingerprint density at radius 1 is 1.32 bits per heavy atom. The van der Waals surface area contributed by atoms with Crippen LogP contribution in [0.25, 0.3) is 0 Å². The molecule has 9 nitrogen and oxygen atoms in total. The van der Waals surface area contributed by atoms with Gasteiger partial charge in [0.05, 0.1) is 25.3 Å². The number of rotatable bonds is 4. The summed E-state index contributed by atoms with van der Waals surface area (Å²) in [5, 5.41) is 4.23. The fraction of sp³-hybridized carbons (Fsp3) is 0.467. The second kappa shape index (κ2) is 6.79. The first-order chi connectivity index (χ1) is 11.8. The Labute approximate surface area is 145 Å². The Morgan fingerprint density at radius 2 is 2.12 bits per heavy atom. The van der Waals surface area contributed by atoms with Crippen molar-refractivity contribution in [1.29, 1.82) is 0 Å². The van der Waals surface area contributed by atoms with E-state index in [1.54, 1.807) is 29.2 Å². The lowest BCUT2D eigenvalue weighted by Gasteiger charge is -2.23. The summed E-state index contributed by atoms with van der Waals surface area (Å²) in [5.41, 5.74) is 1.58. The normalized spacial score (nSPS) is 17.7. The second-order valence-electron chi connectivity index (χ2n) is 6.07. The van der Waals surface area contributed by atoms with Crippen molar-refractivity contribution in [2.24, 2.45) is 0 Å². The summed E-state index contributed by atoms with van der Waals surface area (Å²) >= 11 is 0. The van der Waals surface area contributed by atoms with Crippen molar-refractivity contribution in [1.82, 2.24) is 24.6 Å². The molecule has 10 heteroatoms. The molecule has 0 radical (unpaired) electrons. The first-order valence-electron chi connectivity index (χ1n) is 7.72. The molecule has 0 spiro atoms. The largest absolute Gasteiger partial charge is 0.456 e. The Balaban J connectivity index is 1.82. The summed E-state index contributed by atoms with van der Waals surface area (Å²) in [6, 6.07) is 3.77. The van der Waals surface area contributed by atoms with Gasteiger partial charge in [0, 0.05) is 24.3 Å². The maximum atomic E-state index is 12.4. The summed E-state index contributed by atoms with van der Waals surface area (Å²) in [6.45, 7) is 2.76. The molecule has 134 valence electrons. The van der Waals surface area contributed by atoms with E-state index in [4.69, 9.17) is 4.74 Å². The van der Waals surface area contributed by atoms with Crippen LogP contribution in [0.2, 0.25) is 0 Å². The number of aryl methyl sites for hydroxylation is 1. The Morgan fingerprint density at radius 3 is 2.84 bits per heavy atom. The maximum Gasteiger partial charge on any atom is 0.316 e. The molecular formula is C15H19N5O4S. The van der Waals surface area contributed by atoms with Crippen LogP contribution < -0.4 is 4.74 Å². The number of carbonyl (C=O) groups is 1. The molecule has 2 aromatic rings. The quantitative estimate of drug-likeness (QED) is 0.739. The third kappa shape index (κ3) is 4.53. The molecule has 0 N–H and O–H groups in total. The average Bonchev–Trinajstić information content (AvgIpc) is 2.84. The van der Waals surface area contributed by atoms with Crippen LogP contribution in [0.3, 0.4) is 0 Å². The number of fused-ring (bicyclic) bond motifs is 1. The van der Waals surface area contributed by atoms with E-state index in [1.165, 1.54) is 4.90 Å². The lowest BCUT2D eigenvalue weighted by molar-refractivity contribution is -0.130. The highest BCUT2D eigenvalue weighted by molar-refractivity contribution is 7.91. The van der Waals surface area contributed by atoms with E-state index >= 15 is 0 Å². The van der Waals surface area contributed by atoms with Gasteiger partial charge in [0.2, 0.25) is 5.91 Å². The summed E-state index contributed by atoms with van der Waals surface area (Å²) in [4.78, 5) is 22.1. The lowest BCUT2D eigenvalue weighted by atomic mass is 10.3. The predicted molar refractivity (Wildman–Crippen MR) is 88.5 cm³/mol. The molecule has 3 rings (SSSR count). The number of amides is 1. The van der Waals surface area contributed by atoms with Crippen LogP contribution in [0.1, 0.15) is 11.4 Å². The van der Waals surface area contributed by atoms with Gasteiger partial charge in [0.15, 0.2) is 9.84 Å². The van der Waals surface area contributed by atoms with Crippen molar-refractivity contribution < 1.29 is 17.9 Å². The monoisotopic (exact) mass is 365 g/mol. The molecule has 0 fully saturated rings. The van der Waals surface area contributed by atoms with Crippen molar-refractivity contribution in [2.45, 2.75) is 26.1 Å². The highest BCUT2D eigenvalue weighted by Gasteiger charge is 2.28. The van der Waals surface area contributed by atoms with Crippen LogP contribution in [0.5, 0.6) is 6.01 Å². The predicted octanol–water partition coefficient (Wildman–Crippen LogP) is -0.184. The second-order valence-corrected chi connectivity index (χ2v) is 8.21. The standard InChI is InChI=1S/C15H19N5O4S/c1-11-3-5-16-15(18-11)24-13-8-19(14(21)10-25(2,22)23)7-12-4-6-17-20(12)9-13/h3-6,13H,7-10H2,1-2H3/t13-/m0/s1. The van der Waals surface area contributed by atoms with E-state index < -0.39 is 27.6 Å². The van der Waals surface area contributed by atoms with Gasteiger partial charge in [-0.3, -0.25) is 9.48 Å². The number of hydrogen-bond donors (Lipinski definition) is 0. The van der Waals surface area contributed by atoms with Crippen molar-refractivity contribution in [3.63, 3.8) is 0 Å². The van der Waals surface area contributed by atoms with Crippen LogP contribution in [-0.4, -0.2) is 63.6 Å². The van der Waals surface area contributed by atoms with Crippen molar-refractivity contribution in [2.75, 3.05) is 18.6 Å². The van der Waals surface area contributed by atoms with E-state index in [-0.39, 0.29) is 19.1 Å². The summed E-state index contributed by atoms with van der Waals surface area (Å²) in [6.07, 6.45) is 3.84. The minimum atomic E-state index is -3.41. The van der Waals surface area contributed by atoms with Gasteiger partial charge < -0.3 is 9.64 Å². The molecule has 0 saturated heterocycles. The zero-order valence-corrected chi connectivity index (χ0v) is 14.8. The van der Waals surface area contributed by atoms with Gasteiger partial charge in [0.1, 0.15) is 11.9 Å². The molecule has 25 heavy (non-hydrogen) atoms. The number of sulfone groups is 1. The SMILES string of the molecule is Cc1ccnc(O[C@H]2CN(C(=O)CS(C)(=O)=O)Cc3ccnn3C2)n1. The third-order valence-corrected chi connectivity index (χ3v) is 4.51. The van der Waals surface area contributed by atoms with E-state index in [0.29, 0.717) is 6.54 Å². The minimum Gasteiger partial charge on any atom is -0.456 e. The van der Waals surface area contributed by atoms with E-state index in [1.807, 2.05) is 6.92 Å². The van der Waals surface area contributed by atoms with Crippen LogP contribution in [0.15, 0.2) is 24.5 Å². The molecule has 3 heterocycles. The average molecular weight is 365 g/mol. The highest BCUT2D eigenvalue weighted by Crippen LogP contribution is 2.16. The van der Waals surface area contributed by atoms with Crippen LogP contribution in [-0.2, 0) is 27.7 Å². The van der Waals surface area contributed by atoms with Gasteiger partial charge >= 0.3 is 6.01 Å². The van der Waals surface area contributed by atoms with Gasteiger partial charge in [-0.05, 0) is 19.1 Å². The van der Waals surface area contributed by atoms with E-state index in [2.05, 4.69) is 15.1 Å². The highest BCUT2D eigenvalue weighted by atomic mass is 32.2. The molecule has 0 bridgehead atoms. The van der Waals surface area contributed by atoms with Gasteiger partial charge in [-0.15, -0.1) is 0 Å². The fourth-order valence-electron chi connectivity index (χ4n) is 2.63. The molecule has 2 aromatic heterocycles. The number of nitrogens with zero attached hydrogens (tertiary/aromatic N) is 5. The first kappa shape index (κ1) is 17.3. The van der Waals surface area contributed by atoms with E-state index in [9.17, 15) is 13.2 Å². The van der Waals surface area contributed by atoms with Gasteiger partial charge in [0.25, 0.3) is 0 Å². The van der Waals surface area contributed by atoms with E-state index in [0.717, 1.165) is 17.6 Å². The lowest BCUT2D eigenvalue weighted by Crippen LogP contribution is -2.41. The Bertz CT molecular complexity index is 880. The summed E-state index contributed by atoms with van der Waals surface area (Å²) in [7, 11) is -3.41. The Hall–Kier alpha value is -2.49. The van der Waals surface area contributed by atoms with Gasteiger partial charge in [-0.2, -0.15) is 5.10 Å². The molecular weight excluding hydrogens is 346 g/mol. The van der Waals surface area contributed by atoms with Crippen molar-refractivity contribution in [3.05, 3.63) is 35.9 Å². The topological polar surface area (TPSA) is 107 Å². The zero-order chi connectivity index (χ0) is 18.0. The van der Waals surface area contributed by atoms with Crippen molar-refractivity contribution >= 4 is 15.7 Å². The van der Waals surface area contributed by atoms with Gasteiger partial charge in [-0.25, -0.2) is 18.4 Å². The van der Waals surface area contributed by atoms with Crippen LogP contribution in [0, 0.1) is 6.92 Å². The minimum absolute atomic E-state index is 0.219. The molecule has 0 aliphatic carbocycles. The molecule has 1 amide bonds. The summed E-state index contributed by atoms with van der Waals surface area (Å²) < 4.78 is 30.5. The number of carbonyl (C=O) groups excluding carboxylic acids is 1. The molecule has 1 aliphatic heterocycles. The number of hydrogen-bond acceptors (Lipinski definition) is 7. The third-order valence-electron chi connectivity index (χ3n) is 3.74. The molecule has 0 unspecified atom stereocenters.